The van der Waals surface area contributed by atoms with Crippen LogP contribution in [0, 0.1) is 6.92 Å². The van der Waals surface area contributed by atoms with Gasteiger partial charge >= 0.3 is 6.18 Å². The first kappa shape index (κ1) is 23.3. The van der Waals surface area contributed by atoms with Crippen molar-refractivity contribution in [2.75, 3.05) is 37.4 Å². The Kier molecular flexibility index (Phi) is 6.45. The Morgan fingerprint density at radius 3 is 2.55 bits per heavy atom. The van der Waals surface area contributed by atoms with Gasteiger partial charge in [0.2, 0.25) is 0 Å². The molecule has 0 radical (unpaired) electrons. The quantitative estimate of drug-likeness (QED) is 0.547. The van der Waals surface area contributed by atoms with Gasteiger partial charge in [-0.3, -0.25) is 0 Å². The van der Waals surface area contributed by atoms with E-state index < -0.39 is 17.9 Å². The Morgan fingerprint density at radius 2 is 1.88 bits per heavy atom. The fraction of sp³-hybridized carbons (Fsp3) is 0.417. The van der Waals surface area contributed by atoms with E-state index in [1.807, 2.05) is 12.1 Å². The number of hydrogen-bond donors (Lipinski definition) is 2. The van der Waals surface area contributed by atoms with E-state index in [0.29, 0.717) is 17.4 Å². The first-order chi connectivity index (χ1) is 15.6. The van der Waals surface area contributed by atoms with E-state index >= 15 is 0 Å². The maximum atomic E-state index is 13.3. The highest BCUT2D eigenvalue weighted by molar-refractivity contribution is 5.93. The Labute approximate surface area is 191 Å². The van der Waals surface area contributed by atoms with Gasteiger partial charge in [-0.1, -0.05) is 18.2 Å². The van der Waals surface area contributed by atoms with Crippen LogP contribution in [-0.4, -0.2) is 48.3 Å². The molecule has 3 aromatic rings. The molecule has 1 atom stereocenters. The minimum atomic E-state index is -4.44. The maximum Gasteiger partial charge on any atom is 0.416 e. The summed E-state index contributed by atoms with van der Waals surface area (Å²) in [5.74, 6) is 0.446. The smallest absolute Gasteiger partial charge is 0.371 e. The van der Waals surface area contributed by atoms with Crippen LogP contribution in [0.5, 0.6) is 0 Å². The largest absolute Gasteiger partial charge is 0.416 e. The Bertz CT molecular complexity index is 1120. The highest BCUT2D eigenvalue weighted by Crippen LogP contribution is 2.35. The lowest BCUT2D eigenvalue weighted by Gasteiger charge is -2.36. The summed E-state index contributed by atoms with van der Waals surface area (Å²) in [4.78, 5) is 4.62. The van der Waals surface area contributed by atoms with Gasteiger partial charge in [-0.25, -0.2) is 0 Å². The van der Waals surface area contributed by atoms with Crippen molar-refractivity contribution >= 4 is 22.3 Å². The van der Waals surface area contributed by atoms with E-state index in [2.05, 4.69) is 45.5 Å². The number of halogens is 3. The molecule has 3 N–H and O–H groups in total. The molecule has 0 unspecified atom stereocenters. The molecule has 0 amide bonds. The topological polar surface area (TPSA) is 70.3 Å². The van der Waals surface area contributed by atoms with Crippen molar-refractivity contribution in [1.29, 1.82) is 0 Å². The number of alkyl halides is 3. The molecule has 2 aromatic carbocycles. The zero-order valence-corrected chi connectivity index (χ0v) is 19.0. The SMILES string of the molecule is Cc1c([C@@H](N)Nc2nncc3ccc(N4CCC(N(C)C)CC4)cc23)cccc1C(F)(F)F. The number of benzene rings is 2. The summed E-state index contributed by atoms with van der Waals surface area (Å²) in [5, 5.41) is 13.0. The number of nitrogens with two attached hydrogens (primary N) is 1. The second-order valence-corrected chi connectivity index (χ2v) is 8.79. The standard InChI is InChI=1S/C24H29F3N6/c1-15-19(5-4-6-21(15)24(25,26)27)22(28)30-23-20-13-18(8-7-16(20)14-29-31-23)33-11-9-17(10-12-33)32(2)3/h4-8,13-14,17,22H,9-12,28H2,1-3H3,(H,30,31)/t22-/m0/s1. The van der Waals surface area contributed by atoms with Gasteiger partial charge in [0.1, 0.15) is 6.17 Å². The van der Waals surface area contributed by atoms with Crippen molar-refractivity contribution in [1.82, 2.24) is 15.1 Å². The molecule has 1 aromatic heterocycles. The highest BCUT2D eigenvalue weighted by atomic mass is 19.4. The van der Waals surface area contributed by atoms with Crippen LogP contribution in [0.2, 0.25) is 0 Å². The number of hydrogen-bond acceptors (Lipinski definition) is 6. The lowest BCUT2D eigenvalue weighted by Crippen LogP contribution is -2.41. The number of anilines is 2. The van der Waals surface area contributed by atoms with Crippen molar-refractivity contribution in [3.8, 4) is 0 Å². The van der Waals surface area contributed by atoms with Crippen molar-refractivity contribution in [3.05, 3.63) is 59.3 Å². The van der Waals surface area contributed by atoms with Crippen molar-refractivity contribution in [2.24, 2.45) is 5.73 Å². The van der Waals surface area contributed by atoms with Crippen molar-refractivity contribution in [2.45, 2.75) is 38.1 Å². The minimum Gasteiger partial charge on any atom is -0.371 e. The molecule has 1 aliphatic heterocycles. The van der Waals surface area contributed by atoms with Crippen LogP contribution < -0.4 is 16.0 Å². The third-order valence-corrected chi connectivity index (χ3v) is 6.51. The lowest BCUT2D eigenvalue weighted by molar-refractivity contribution is -0.138. The van der Waals surface area contributed by atoms with Gasteiger partial charge in [-0.05, 0) is 63.2 Å². The summed E-state index contributed by atoms with van der Waals surface area (Å²) >= 11 is 0. The third-order valence-electron chi connectivity index (χ3n) is 6.51. The Morgan fingerprint density at radius 1 is 1.15 bits per heavy atom. The average molecular weight is 459 g/mol. The Hall–Kier alpha value is -2.91. The predicted octanol–water partition coefficient (Wildman–Crippen LogP) is 4.56. The average Bonchev–Trinajstić information content (AvgIpc) is 2.78. The molecule has 0 saturated carbocycles. The van der Waals surface area contributed by atoms with E-state index in [9.17, 15) is 13.2 Å². The number of rotatable bonds is 5. The summed E-state index contributed by atoms with van der Waals surface area (Å²) < 4.78 is 40.0. The Balaban J connectivity index is 1.61. The van der Waals surface area contributed by atoms with Crippen LogP contribution in [0.4, 0.5) is 24.7 Å². The second-order valence-electron chi connectivity index (χ2n) is 8.79. The molecule has 33 heavy (non-hydrogen) atoms. The zero-order chi connectivity index (χ0) is 23.8. The van der Waals surface area contributed by atoms with Crippen molar-refractivity contribution in [3.63, 3.8) is 0 Å². The normalized spacial score (nSPS) is 16.4. The summed E-state index contributed by atoms with van der Waals surface area (Å²) in [5.41, 5.74) is 7.15. The summed E-state index contributed by atoms with van der Waals surface area (Å²) in [6.45, 7) is 3.35. The van der Waals surface area contributed by atoms with Gasteiger partial charge in [0.05, 0.1) is 11.8 Å². The highest BCUT2D eigenvalue weighted by Gasteiger charge is 2.33. The van der Waals surface area contributed by atoms with Crippen LogP contribution in [0.15, 0.2) is 42.6 Å². The van der Waals surface area contributed by atoms with Gasteiger partial charge in [0, 0.05) is 35.6 Å². The molecule has 1 fully saturated rings. The van der Waals surface area contributed by atoms with Crippen LogP contribution in [0.3, 0.4) is 0 Å². The van der Waals surface area contributed by atoms with Crippen LogP contribution >= 0.6 is 0 Å². The molecule has 1 saturated heterocycles. The molecule has 0 bridgehead atoms. The van der Waals surface area contributed by atoms with E-state index in [-0.39, 0.29) is 5.56 Å². The van der Waals surface area contributed by atoms with Crippen LogP contribution in [-0.2, 0) is 6.18 Å². The van der Waals surface area contributed by atoms with Crippen LogP contribution in [0.1, 0.15) is 35.7 Å². The summed E-state index contributed by atoms with van der Waals surface area (Å²) in [7, 11) is 4.23. The number of nitrogens with zero attached hydrogens (tertiary/aromatic N) is 4. The van der Waals surface area contributed by atoms with Gasteiger partial charge in [-0.2, -0.15) is 18.3 Å². The summed E-state index contributed by atoms with van der Waals surface area (Å²) in [6.07, 6.45) is -1.46. The molecule has 4 rings (SSSR count). The first-order valence-corrected chi connectivity index (χ1v) is 11.0. The minimum absolute atomic E-state index is 0.0997. The maximum absolute atomic E-state index is 13.3. The summed E-state index contributed by atoms with van der Waals surface area (Å²) in [6, 6.07) is 10.7. The van der Waals surface area contributed by atoms with Gasteiger partial charge < -0.3 is 20.9 Å². The molecule has 176 valence electrons. The van der Waals surface area contributed by atoms with E-state index in [0.717, 1.165) is 48.5 Å². The fourth-order valence-corrected chi connectivity index (χ4v) is 4.53. The fourth-order valence-electron chi connectivity index (χ4n) is 4.53. The number of piperidine rings is 1. The molecule has 2 heterocycles. The van der Waals surface area contributed by atoms with E-state index in [1.54, 1.807) is 12.3 Å². The monoisotopic (exact) mass is 458 g/mol. The number of nitrogens with one attached hydrogen (secondary N) is 1. The molecular weight excluding hydrogens is 429 g/mol. The molecule has 0 aliphatic carbocycles. The molecule has 6 nitrogen and oxygen atoms in total. The number of fused-ring (bicyclic) bond motifs is 1. The lowest BCUT2D eigenvalue weighted by atomic mass is 10.00. The molecular formula is C24H29F3N6. The first-order valence-electron chi connectivity index (χ1n) is 11.0. The van der Waals surface area contributed by atoms with E-state index in [4.69, 9.17) is 5.73 Å². The van der Waals surface area contributed by atoms with E-state index in [1.165, 1.54) is 13.0 Å². The molecule has 1 aliphatic rings. The predicted molar refractivity (Wildman–Crippen MR) is 125 cm³/mol. The van der Waals surface area contributed by atoms with Crippen molar-refractivity contribution < 1.29 is 13.2 Å². The number of aromatic nitrogens is 2. The zero-order valence-electron chi connectivity index (χ0n) is 19.0. The third kappa shape index (κ3) is 4.89. The van der Waals surface area contributed by atoms with Crippen LogP contribution in [0.25, 0.3) is 10.8 Å². The second kappa shape index (κ2) is 9.15. The van der Waals surface area contributed by atoms with Gasteiger partial charge in [0.15, 0.2) is 5.82 Å². The molecule has 0 spiro atoms. The van der Waals surface area contributed by atoms with Gasteiger partial charge in [-0.15, -0.1) is 5.10 Å². The van der Waals surface area contributed by atoms with Gasteiger partial charge in [0.25, 0.3) is 0 Å². The molecule has 9 heteroatoms.